The Kier molecular flexibility index (Phi) is 5.99. The zero-order valence-corrected chi connectivity index (χ0v) is 16.9. The first-order valence-corrected chi connectivity index (χ1v) is 10.2. The van der Waals surface area contributed by atoms with Gasteiger partial charge in [-0.3, -0.25) is 14.5 Å². The van der Waals surface area contributed by atoms with Crippen molar-refractivity contribution in [3.05, 3.63) is 71.9 Å². The minimum atomic E-state index is -0.911. The number of nitrogens with zero attached hydrogens (tertiary/aromatic N) is 1. The van der Waals surface area contributed by atoms with Gasteiger partial charge in [0.1, 0.15) is 6.04 Å². The summed E-state index contributed by atoms with van der Waals surface area (Å²) < 4.78 is 0. The summed E-state index contributed by atoms with van der Waals surface area (Å²) in [5.41, 5.74) is 2.78. The Bertz CT molecular complexity index is 1100. The van der Waals surface area contributed by atoms with Crippen molar-refractivity contribution in [1.29, 1.82) is 0 Å². The second kappa shape index (κ2) is 9.01. The van der Waals surface area contributed by atoms with Crippen LogP contribution in [0.15, 0.2) is 60.8 Å². The fourth-order valence-electron chi connectivity index (χ4n) is 3.86. The molecule has 1 fully saturated rings. The zero-order chi connectivity index (χ0) is 21.8. The van der Waals surface area contributed by atoms with Gasteiger partial charge in [0.25, 0.3) is 5.91 Å². The molecular weight excluding hydrogens is 396 g/mol. The summed E-state index contributed by atoms with van der Waals surface area (Å²) in [5, 5.41) is 16.0. The Labute approximate surface area is 179 Å². The molecule has 160 valence electrons. The molecule has 1 saturated heterocycles. The van der Waals surface area contributed by atoms with Crippen molar-refractivity contribution in [2.75, 3.05) is 13.2 Å². The molecule has 1 aromatic heterocycles. The van der Waals surface area contributed by atoms with Crippen LogP contribution >= 0.6 is 0 Å². The number of carbonyl (C=O) groups is 3. The molecule has 8 heteroatoms. The van der Waals surface area contributed by atoms with Crippen LogP contribution in [0, 0.1) is 0 Å². The van der Waals surface area contributed by atoms with E-state index in [1.807, 2.05) is 48.7 Å². The largest absolute Gasteiger partial charge is 0.394 e. The summed E-state index contributed by atoms with van der Waals surface area (Å²) in [7, 11) is 0. The van der Waals surface area contributed by atoms with E-state index in [4.69, 9.17) is 0 Å². The van der Waals surface area contributed by atoms with Crippen LogP contribution in [0.3, 0.4) is 0 Å². The molecule has 0 spiro atoms. The third-order valence-electron chi connectivity index (χ3n) is 5.50. The van der Waals surface area contributed by atoms with E-state index < -0.39 is 29.9 Å². The third kappa shape index (κ3) is 4.44. The molecule has 31 heavy (non-hydrogen) atoms. The van der Waals surface area contributed by atoms with Gasteiger partial charge in [0, 0.05) is 23.6 Å². The number of imide groups is 1. The monoisotopic (exact) mass is 420 g/mol. The van der Waals surface area contributed by atoms with Gasteiger partial charge in [0.05, 0.1) is 19.1 Å². The van der Waals surface area contributed by atoms with Gasteiger partial charge in [-0.25, -0.2) is 4.79 Å². The topological polar surface area (TPSA) is 115 Å². The number of para-hydroxylation sites is 1. The highest BCUT2D eigenvalue weighted by atomic mass is 16.3. The van der Waals surface area contributed by atoms with Crippen molar-refractivity contribution < 1.29 is 19.5 Å². The summed E-state index contributed by atoms with van der Waals surface area (Å²) in [6, 6.07) is 14.9. The van der Waals surface area contributed by atoms with Crippen molar-refractivity contribution in [1.82, 2.24) is 20.5 Å². The second-order valence-corrected chi connectivity index (χ2v) is 7.52. The van der Waals surface area contributed by atoms with Gasteiger partial charge >= 0.3 is 6.03 Å². The maximum absolute atomic E-state index is 12.7. The van der Waals surface area contributed by atoms with Crippen molar-refractivity contribution >= 4 is 28.7 Å². The average molecular weight is 420 g/mol. The second-order valence-electron chi connectivity index (χ2n) is 7.52. The van der Waals surface area contributed by atoms with Crippen LogP contribution in [0.5, 0.6) is 0 Å². The highest BCUT2D eigenvalue weighted by Crippen LogP contribution is 2.20. The molecule has 8 nitrogen and oxygen atoms in total. The quantitative estimate of drug-likeness (QED) is 0.417. The number of aliphatic hydroxyl groups is 1. The van der Waals surface area contributed by atoms with E-state index in [2.05, 4.69) is 15.6 Å². The number of carbonyl (C=O) groups excluding carboxylic acids is 3. The number of nitrogens with one attached hydrogen (secondary N) is 3. The summed E-state index contributed by atoms with van der Waals surface area (Å²) >= 11 is 0. The molecule has 1 aliphatic heterocycles. The van der Waals surface area contributed by atoms with Crippen molar-refractivity contribution in [3.63, 3.8) is 0 Å². The van der Waals surface area contributed by atoms with Gasteiger partial charge < -0.3 is 20.7 Å². The highest BCUT2D eigenvalue weighted by molar-refractivity contribution is 6.05. The van der Waals surface area contributed by atoms with E-state index in [0.29, 0.717) is 6.42 Å². The molecule has 0 aliphatic carbocycles. The molecule has 2 heterocycles. The normalized spacial score (nSPS) is 17.1. The molecule has 2 aromatic carbocycles. The number of aliphatic hydroxyl groups excluding tert-OH is 1. The molecule has 4 rings (SSSR count). The number of benzene rings is 2. The predicted molar refractivity (Wildman–Crippen MR) is 115 cm³/mol. The van der Waals surface area contributed by atoms with Crippen LogP contribution in [0.25, 0.3) is 10.9 Å². The molecule has 4 N–H and O–H groups in total. The Morgan fingerprint density at radius 1 is 1.10 bits per heavy atom. The van der Waals surface area contributed by atoms with E-state index >= 15 is 0 Å². The van der Waals surface area contributed by atoms with Crippen molar-refractivity contribution in [3.8, 4) is 0 Å². The van der Waals surface area contributed by atoms with Crippen LogP contribution in [0.1, 0.15) is 23.6 Å². The third-order valence-corrected chi connectivity index (χ3v) is 5.50. The van der Waals surface area contributed by atoms with Gasteiger partial charge in [-0.15, -0.1) is 0 Å². The van der Waals surface area contributed by atoms with Gasteiger partial charge in [0.2, 0.25) is 5.91 Å². The van der Waals surface area contributed by atoms with E-state index in [1.54, 1.807) is 12.1 Å². The molecule has 0 bridgehead atoms. The number of urea groups is 1. The van der Waals surface area contributed by atoms with Crippen LogP contribution in [-0.4, -0.2) is 52.0 Å². The molecule has 2 atom stereocenters. The SMILES string of the molecule is O=C(CC1NC(=O)N(CCc2c[nH]c3ccccc23)C1=O)NC(CO)c1ccccc1. The number of amides is 4. The van der Waals surface area contributed by atoms with E-state index in [-0.39, 0.29) is 19.6 Å². The highest BCUT2D eigenvalue weighted by Gasteiger charge is 2.39. The standard InChI is InChI=1S/C23H24N4O4/c28-14-20(15-6-2-1-3-7-15)25-21(29)12-19-22(30)27(23(31)26-19)11-10-16-13-24-18-9-5-4-8-17(16)18/h1-9,13,19-20,24,28H,10-12,14H2,(H,25,29)(H,26,31). The number of rotatable bonds is 8. The lowest BCUT2D eigenvalue weighted by molar-refractivity contribution is -0.131. The first-order chi connectivity index (χ1) is 15.1. The lowest BCUT2D eigenvalue weighted by Crippen LogP contribution is -2.38. The van der Waals surface area contributed by atoms with Gasteiger partial charge in [-0.2, -0.15) is 0 Å². The zero-order valence-electron chi connectivity index (χ0n) is 16.9. The van der Waals surface area contributed by atoms with Gasteiger partial charge in [0.15, 0.2) is 0 Å². The fourth-order valence-corrected chi connectivity index (χ4v) is 3.86. The minimum Gasteiger partial charge on any atom is -0.394 e. The molecule has 4 amide bonds. The maximum Gasteiger partial charge on any atom is 0.324 e. The van der Waals surface area contributed by atoms with Crippen molar-refractivity contribution in [2.45, 2.75) is 24.9 Å². The number of hydrogen-bond acceptors (Lipinski definition) is 4. The van der Waals surface area contributed by atoms with Crippen LogP contribution < -0.4 is 10.6 Å². The summed E-state index contributed by atoms with van der Waals surface area (Å²) in [5.74, 6) is -0.833. The predicted octanol–water partition coefficient (Wildman–Crippen LogP) is 1.87. The number of fused-ring (bicyclic) bond motifs is 1. The number of H-pyrrole nitrogens is 1. The Balaban J connectivity index is 1.35. The minimum absolute atomic E-state index is 0.183. The Morgan fingerprint density at radius 2 is 1.84 bits per heavy atom. The van der Waals surface area contributed by atoms with Crippen LogP contribution in [-0.2, 0) is 16.0 Å². The molecule has 1 aliphatic rings. The number of aromatic nitrogens is 1. The maximum atomic E-state index is 12.7. The van der Waals surface area contributed by atoms with Crippen LogP contribution in [0.2, 0.25) is 0 Å². The summed E-state index contributed by atoms with van der Waals surface area (Å²) in [6.45, 7) is -0.0363. The first kappa shape index (κ1) is 20.6. The van der Waals surface area contributed by atoms with Gasteiger partial charge in [-0.1, -0.05) is 48.5 Å². The molecular formula is C23H24N4O4. The van der Waals surface area contributed by atoms with E-state index in [0.717, 1.165) is 26.9 Å². The molecule has 0 saturated carbocycles. The van der Waals surface area contributed by atoms with Crippen molar-refractivity contribution in [2.24, 2.45) is 0 Å². The summed E-state index contributed by atoms with van der Waals surface area (Å²) in [4.78, 5) is 41.8. The number of aromatic amines is 1. The lowest BCUT2D eigenvalue weighted by Gasteiger charge is -2.18. The fraction of sp³-hybridized carbons (Fsp3) is 0.261. The van der Waals surface area contributed by atoms with E-state index in [1.165, 1.54) is 0 Å². The van der Waals surface area contributed by atoms with E-state index in [9.17, 15) is 19.5 Å². The number of hydrogen-bond donors (Lipinski definition) is 4. The molecule has 3 aromatic rings. The van der Waals surface area contributed by atoms with Crippen LogP contribution in [0.4, 0.5) is 4.79 Å². The van der Waals surface area contributed by atoms with Gasteiger partial charge in [-0.05, 0) is 23.6 Å². The molecule has 2 unspecified atom stereocenters. The lowest BCUT2D eigenvalue weighted by atomic mass is 10.1. The summed E-state index contributed by atoms with van der Waals surface area (Å²) in [6.07, 6.45) is 2.22. The molecule has 0 radical (unpaired) electrons. The first-order valence-electron chi connectivity index (χ1n) is 10.2. The average Bonchev–Trinajstić information content (AvgIpc) is 3.31. The Morgan fingerprint density at radius 3 is 2.61 bits per heavy atom. The smallest absolute Gasteiger partial charge is 0.324 e. The Hall–Kier alpha value is -3.65.